The Morgan fingerprint density at radius 2 is 2.09 bits per heavy atom. The van der Waals surface area contributed by atoms with Gasteiger partial charge in [0.1, 0.15) is 10.9 Å². The summed E-state index contributed by atoms with van der Waals surface area (Å²) in [4.78, 5) is 4.11. The molecule has 0 spiro atoms. The van der Waals surface area contributed by atoms with Crippen molar-refractivity contribution in [1.29, 1.82) is 0 Å². The van der Waals surface area contributed by atoms with Gasteiger partial charge in [-0.15, -0.1) is 0 Å². The van der Waals surface area contributed by atoms with E-state index in [0.717, 1.165) is 14.7 Å². The highest BCUT2D eigenvalue weighted by molar-refractivity contribution is 9.10. The lowest BCUT2D eigenvalue weighted by molar-refractivity contribution is 1.12. The summed E-state index contributed by atoms with van der Waals surface area (Å²) in [7, 11) is 0. The van der Waals surface area contributed by atoms with E-state index in [1.165, 1.54) is 0 Å². The average Bonchev–Trinajstić information content (AvgIpc) is 2.35. The minimum Gasteiger partial charge on any atom is -0.292 e. The molecule has 0 saturated carbocycles. The molecule has 0 bridgehead atoms. The van der Waals surface area contributed by atoms with E-state index >= 15 is 0 Å². The first-order valence-electron chi connectivity index (χ1n) is 3.06. The maximum Gasteiger partial charge on any atom is 0.131 e. The molecule has 0 atom stereocenters. The predicted octanol–water partition coefficient (Wildman–Crippen LogP) is 2.86. The molecule has 0 fully saturated rings. The molecule has 2 rings (SSSR count). The van der Waals surface area contributed by atoms with Crippen LogP contribution in [0.2, 0.25) is 0 Å². The first kappa shape index (κ1) is 7.31. The average molecular weight is 276 g/mol. The van der Waals surface area contributed by atoms with E-state index in [9.17, 15) is 0 Å². The molecule has 0 aromatic carbocycles. The Hall–Kier alpha value is -0.350. The summed E-state index contributed by atoms with van der Waals surface area (Å²) in [6, 6.07) is 5.95. The van der Waals surface area contributed by atoms with Crippen LogP contribution in [0.1, 0.15) is 0 Å². The third kappa shape index (κ3) is 1.10. The molecule has 0 amide bonds. The van der Waals surface area contributed by atoms with Crippen LogP contribution in [0.15, 0.2) is 33.7 Å². The van der Waals surface area contributed by atoms with Crippen LogP contribution in [0.4, 0.5) is 0 Å². The van der Waals surface area contributed by atoms with E-state index in [2.05, 4.69) is 36.8 Å². The molecule has 0 N–H and O–H groups in total. The Balaban J connectivity index is 2.94. The third-order valence-corrected chi connectivity index (χ3v) is 2.73. The van der Waals surface area contributed by atoms with Gasteiger partial charge in [-0.2, -0.15) is 0 Å². The van der Waals surface area contributed by atoms with Gasteiger partial charge < -0.3 is 0 Å². The largest absolute Gasteiger partial charge is 0.292 e. The molecule has 2 nitrogen and oxygen atoms in total. The van der Waals surface area contributed by atoms with E-state index in [1.54, 1.807) is 6.33 Å². The van der Waals surface area contributed by atoms with Gasteiger partial charge in [-0.1, -0.05) is 6.07 Å². The van der Waals surface area contributed by atoms with Gasteiger partial charge in [0.25, 0.3) is 0 Å². The fourth-order valence-electron chi connectivity index (χ4n) is 0.954. The number of fused-ring (bicyclic) bond motifs is 1. The monoisotopic (exact) mass is 274 g/mol. The van der Waals surface area contributed by atoms with E-state index in [4.69, 9.17) is 0 Å². The normalized spacial score (nSPS) is 10.7. The third-order valence-electron chi connectivity index (χ3n) is 1.48. The Bertz CT molecular complexity index is 394. The number of halogens is 2. The Kier molecular flexibility index (Phi) is 1.73. The van der Waals surface area contributed by atoms with Crippen molar-refractivity contribution in [3.05, 3.63) is 33.7 Å². The van der Waals surface area contributed by atoms with E-state index in [0.29, 0.717) is 0 Å². The molecule has 2 aromatic heterocycles. The Morgan fingerprint density at radius 1 is 1.27 bits per heavy atom. The zero-order valence-corrected chi connectivity index (χ0v) is 8.63. The maximum absolute atomic E-state index is 4.11. The van der Waals surface area contributed by atoms with Crippen molar-refractivity contribution >= 4 is 37.4 Å². The molecule has 0 radical (unpaired) electrons. The summed E-state index contributed by atoms with van der Waals surface area (Å²) in [6.07, 6.45) is 1.77. The van der Waals surface area contributed by atoms with Crippen molar-refractivity contribution in [2.24, 2.45) is 0 Å². The lowest BCUT2D eigenvalue weighted by atomic mass is 10.4. The SMILES string of the molecule is Brc1ncn2c(Br)cccc12. The van der Waals surface area contributed by atoms with Crippen LogP contribution in [0.25, 0.3) is 5.52 Å². The summed E-state index contributed by atoms with van der Waals surface area (Å²) >= 11 is 6.76. The summed E-state index contributed by atoms with van der Waals surface area (Å²) in [5.74, 6) is 0. The van der Waals surface area contributed by atoms with Crippen LogP contribution >= 0.6 is 31.9 Å². The van der Waals surface area contributed by atoms with Crippen LogP contribution in [0, 0.1) is 0 Å². The Morgan fingerprint density at radius 3 is 2.82 bits per heavy atom. The predicted molar refractivity (Wildman–Crippen MR) is 50.6 cm³/mol. The minimum atomic E-state index is 0.874. The van der Waals surface area contributed by atoms with Crippen molar-refractivity contribution in [3.63, 3.8) is 0 Å². The fourth-order valence-corrected chi connectivity index (χ4v) is 1.80. The van der Waals surface area contributed by atoms with Crippen LogP contribution < -0.4 is 0 Å². The smallest absolute Gasteiger partial charge is 0.131 e. The van der Waals surface area contributed by atoms with Crippen LogP contribution in [0.5, 0.6) is 0 Å². The van der Waals surface area contributed by atoms with Gasteiger partial charge in [-0.25, -0.2) is 4.98 Å². The topological polar surface area (TPSA) is 17.3 Å². The standard InChI is InChI=1S/C7H4Br2N2/c8-6-3-1-2-5-7(9)10-4-11(5)6/h1-4H. The number of rotatable bonds is 0. The summed E-state index contributed by atoms with van der Waals surface area (Å²) < 4.78 is 3.84. The molecule has 0 saturated heterocycles. The fraction of sp³-hybridized carbons (Fsp3) is 0. The molecule has 2 heterocycles. The maximum atomic E-state index is 4.11. The van der Waals surface area contributed by atoms with Crippen molar-refractivity contribution in [3.8, 4) is 0 Å². The van der Waals surface area contributed by atoms with E-state index in [1.807, 2.05) is 22.6 Å². The Labute approximate surface area is 80.5 Å². The first-order valence-corrected chi connectivity index (χ1v) is 4.65. The molecule has 0 aliphatic rings. The number of hydrogen-bond acceptors (Lipinski definition) is 1. The molecular formula is C7H4Br2N2. The lowest BCUT2D eigenvalue weighted by Crippen LogP contribution is -1.82. The number of nitrogens with zero attached hydrogens (tertiary/aromatic N) is 2. The van der Waals surface area contributed by atoms with E-state index in [-0.39, 0.29) is 0 Å². The van der Waals surface area contributed by atoms with Crippen molar-refractivity contribution < 1.29 is 0 Å². The second-order valence-corrected chi connectivity index (χ2v) is 3.70. The van der Waals surface area contributed by atoms with Gasteiger partial charge >= 0.3 is 0 Å². The van der Waals surface area contributed by atoms with Crippen LogP contribution in [-0.4, -0.2) is 9.38 Å². The second-order valence-electron chi connectivity index (χ2n) is 2.14. The van der Waals surface area contributed by atoms with Crippen molar-refractivity contribution in [2.45, 2.75) is 0 Å². The molecular weight excluding hydrogens is 272 g/mol. The lowest BCUT2D eigenvalue weighted by Gasteiger charge is -1.95. The molecule has 11 heavy (non-hydrogen) atoms. The number of pyridine rings is 1. The molecule has 2 aromatic rings. The van der Waals surface area contributed by atoms with Gasteiger partial charge in [0.15, 0.2) is 0 Å². The summed E-state index contributed by atoms with van der Waals surface area (Å²) in [5, 5.41) is 0. The molecule has 0 aliphatic heterocycles. The van der Waals surface area contributed by atoms with Crippen molar-refractivity contribution in [1.82, 2.24) is 9.38 Å². The zero-order valence-electron chi connectivity index (χ0n) is 5.46. The second kappa shape index (κ2) is 2.60. The minimum absolute atomic E-state index is 0.874. The van der Waals surface area contributed by atoms with Gasteiger partial charge in [-0.3, -0.25) is 4.40 Å². The number of aromatic nitrogens is 2. The summed E-state index contributed by atoms with van der Waals surface area (Å²) in [6.45, 7) is 0. The van der Waals surface area contributed by atoms with Crippen LogP contribution in [-0.2, 0) is 0 Å². The van der Waals surface area contributed by atoms with Gasteiger partial charge in [0.2, 0.25) is 0 Å². The van der Waals surface area contributed by atoms with Gasteiger partial charge in [-0.05, 0) is 44.0 Å². The number of hydrogen-bond donors (Lipinski definition) is 0. The molecule has 4 heteroatoms. The quantitative estimate of drug-likeness (QED) is 0.676. The molecule has 56 valence electrons. The highest BCUT2D eigenvalue weighted by Crippen LogP contribution is 2.19. The number of imidazole rings is 1. The van der Waals surface area contributed by atoms with Crippen molar-refractivity contribution in [2.75, 3.05) is 0 Å². The molecule has 0 unspecified atom stereocenters. The first-order chi connectivity index (χ1) is 5.29. The highest BCUT2D eigenvalue weighted by Gasteiger charge is 2.00. The highest BCUT2D eigenvalue weighted by atomic mass is 79.9. The summed E-state index contributed by atoms with van der Waals surface area (Å²) in [5.41, 5.74) is 1.07. The van der Waals surface area contributed by atoms with Crippen LogP contribution in [0.3, 0.4) is 0 Å². The van der Waals surface area contributed by atoms with Gasteiger partial charge in [0, 0.05) is 0 Å². The molecule has 0 aliphatic carbocycles. The van der Waals surface area contributed by atoms with E-state index < -0.39 is 0 Å². The zero-order chi connectivity index (χ0) is 7.84. The van der Waals surface area contributed by atoms with Gasteiger partial charge in [0.05, 0.1) is 10.1 Å².